The van der Waals surface area contributed by atoms with E-state index in [9.17, 15) is 0 Å². The average molecular weight is 323 g/mol. The van der Waals surface area contributed by atoms with E-state index in [0.717, 1.165) is 44.4 Å². The Hall–Kier alpha value is -1.63. The zero-order valence-electron chi connectivity index (χ0n) is 15.5. The maximum atomic E-state index is 4.27. The summed E-state index contributed by atoms with van der Waals surface area (Å²) in [5, 5.41) is 14.7. The van der Waals surface area contributed by atoms with Crippen LogP contribution in [0, 0.1) is 0 Å². The lowest BCUT2D eigenvalue weighted by Crippen LogP contribution is -2.45. The second-order valence-corrected chi connectivity index (χ2v) is 6.15. The maximum Gasteiger partial charge on any atom is 0.191 e. The predicted molar refractivity (Wildman–Crippen MR) is 95.7 cm³/mol. The number of hydrogen-bond acceptors (Lipinski definition) is 4. The van der Waals surface area contributed by atoms with E-state index in [0.29, 0.717) is 12.1 Å². The number of hydrogen-bond donors (Lipinski definition) is 2. The molecule has 7 nitrogen and oxygen atoms in total. The van der Waals surface area contributed by atoms with Crippen LogP contribution in [0.2, 0.25) is 0 Å². The van der Waals surface area contributed by atoms with Gasteiger partial charge in [-0.1, -0.05) is 6.92 Å². The van der Waals surface area contributed by atoms with Gasteiger partial charge in [-0.05, 0) is 27.7 Å². The van der Waals surface area contributed by atoms with Gasteiger partial charge in [0, 0.05) is 51.7 Å². The zero-order valence-corrected chi connectivity index (χ0v) is 15.5. The summed E-state index contributed by atoms with van der Waals surface area (Å²) in [6.07, 6.45) is 2.67. The standard InChI is InChI=1S/C16H33N7/c1-7-15-21-20-12-22(15)10-8-18-16(17-6)19-9-11-23(13(2)3)14(4)5/h12-14H,7-11H2,1-6H3,(H2,17,18,19). The summed E-state index contributed by atoms with van der Waals surface area (Å²) in [6.45, 7) is 14.5. The molecule has 1 aromatic rings. The van der Waals surface area contributed by atoms with Crippen molar-refractivity contribution < 1.29 is 0 Å². The summed E-state index contributed by atoms with van der Waals surface area (Å²) in [6, 6.07) is 1.10. The van der Waals surface area contributed by atoms with Crippen molar-refractivity contribution >= 4 is 5.96 Å². The van der Waals surface area contributed by atoms with Gasteiger partial charge in [0.15, 0.2) is 5.96 Å². The van der Waals surface area contributed by atoms with Gasteiger partial charge in [-0.15, -0.1) is 10.2 Å². The van der Waals surface area contributed by atoms with E-state index >= 15 is 0 Å². The quantitative estimate of drug-likeness (QED) is 0.526. The molecule has 1 heterocycles. The minimum atomic E-state index is 0.549. The summed E-state index contributed by atoms with van der Waals surface area (Å²) >= 11 is 0. The lowest BCUT2D eigenvalue weighted by Gasteiger charge is -2.30. The lowest BCUT2D eigenvalue weighted by atomic mass is 10.2. The molecule has 23 heavy (non-hydrogen) atoms. The van der Waals surface area contributed by atoms with Crippen LogP contribution in [0.4, 0.5) is 0 Å². The lowest BCUT2D eigenvalue weighted by molar-refractivity contribution is 0.178. The van der Waals surface area contributed by atoms with Crippen molar-refractivity contribution in [3.8, 4) is 0 Å². The van der Waals surface area contributed by atoms with Crippen LogP contribution >= 0.6 is 0 Å². The molecule has 0 radical (unpaired) electrons. The molecule has 2 N–H and O–H groups in total. The Kier molecular flexibility index (Phi) is 8.61. The highest BCUT2D eigenvalue weighted by molar-refractivity contribution is 5.79. The summed E-state index contributed by atoms with van der Waals surface area (Å²) in [4.78, 5) is 6.73. The zero-order chi connectivity index (χ0) is 17.2. The molecule has 0 aliphatic rings. The molecular formula is C16H33N7. The molecule has 0 aliphatic heterocycles. The Bertz CT molecular complexity index is 457. The van der Waals surface area contributed by atoms with Crippen LogP contribution in [0.1, 0.15) is 40.4 Å². The third kappa shape index (κ3) is 6.56. The summed E-state index contributed by atoms with van der Waals surface area (Å²) in [5.74, 6) is 1.85. The molecule has 0 saturated carbocycles. The number of guanidine groups is 1. The molecule has 0 spiro atoms. The van der Waals surface area contributed by atoms with E-state index < -0.39 is 0 Å². The van der Waals surface area contributed by atoms with Crippen molar-refractivity contribution in [2.24, 2.45) is 4.99 Å². The molecule has 0 saturated heterocycles. The first-order chi connectivity index (χ1) is 11.0. The van der Waals surface area contributed by atoms with Gasteiger partial charge in [-0.3, -0.25) is 9.89 Å². The second kappa shape index (κ2) is 10.2. The van der Waals surface area contributed by atoms with Gasteiger partial charge in [0.25, 0.3) is 0 Å². The van der Waals surface area contributed by atoms with E-state index in [1.54, 1.807) is 13.4 Å². The van der Waals surface area contributed by atoms with Crippen molar-refractivity contribution in [3.63, 3.8) is 0 Å². The topological polar surface area (TPSA) is 70.4 Å². The molecule has 0 aromatic carbocycles. The molecule has 132 valence electrons. The largest absolute Gasteiger partial charge is 0.355 e. The van der Waals surface area contributed by atoms with Crippen LogP contribution in [0.15, 0.2) is 11.3 Å². The van der Waals surface area contributed by atoms with Gasteiger partial charge in [-0.25, -0.2) is 0 Å². The van der Waals surface area contributed by atoms with Crippen molar-refractivity contribution in [2.75, 3.05) is 26.7 Å². The molecule has 0 amide bonds. The Balaban J connectivity index is 2.32. The summed E-state index contributed by atoms with van der Waals surface area (Å²) in [7, 11) is 1.80. The first-order valence-corrected chi connectivity index (χ1v) is 8.56. The SMILES string of the molecule is CCc1nncn1CCNC(=NC)NCCN(C(C)C)C(C)C. The minimum Gasteiger partial charge on any atom is -0.355 e. The van der Waals surface area contributed by atoms with E-state index in [2.05, 4.69) is 69.9 Å². The van der Waals surface area contributed by atoms with E-state index in [-0.39, 0.29) is 0 Å². The van der Waals surface area contributed by atoms with Gasteiger partial charge in [0.1, 0.15) is 12.2 Å². The van der Waals surface area contributed by atoms with E-state index in [4.69, 9.17) is 0 Å². The number of rotatable bonds is 9. The fourth-order valence-corrected chi connectivity index (χ4v) is 2.67. The monoisotopic (exact) mass is 323 g/mol. The van der Waals surface area contributed by atoms with E-state index in [1.165, 1.54) is 0 Å². The molecule has 0 fully saturated rings. The Morgan fingerprint density at radius 2 is 1.87 bits per heavy atom. The highest BCUT2D eigenvalue weighted by Crippen LogP contribution is 2.03. The third-order valence-electron chi connectivity index (χ3n) is 3.87. The highest BCUT2D eigenvalue weighted by Gasteiger charge is 2.12. The molecule has 0 bridgehead atoms. The molecule has 1 rings (SSSR count). The number of nitrogens with one attached hydrogen (secondary N) is 2. The summed E-state index contributed by atoms with van der Waals surface area (Å²) in [5.41, 5.74) is 0. The molecular weight excluding hydrogens is 290 g/mol. The van der Waals surface area contributed by atoms with Gasteiger partial charge in [0.2, 0.25) is 0 Å². The molecule has 7 heteroatoms. The van der Waals surface area contributed by atoms with Gasteiger partial charge < -0.3 is 15.2 Å². The molecule has 0 atom stereocenters. The van der Waals surface area contributed by atoms with Crippen molar-refractivity contribution in [3.05, 3.63) is 12.2 Å². The van der Waals surface area contributed by atoms with Crippen LogP contribution in [0.5, 0.6) is 0 Å². The van der Waals surface area contributed by atoms with Crippen LogP contribution in [-0.4, -0.2) is 64.4 Å². The number of aromatic nitrogens is 3. The first-order valence-electron chi connectivity index (χ1n) is 8.56. The molecule has 0 unspecified atom stereocenters. The normalized spacial score (nSPS) is 12.5. The van der Waals surface area contributed by atoms with Crippen LogP contribution in [0.3, 0.4) is 0 Å². The van der Waals surface area contributed by atoms with Crippen LogP contribution in [-0.2, 0) is 13.0 Å². The van der Waals surface area contributed by atoms with Crippen molar-refractivity contribution in [1.29, 1.82) is 0 Å². The predicted octanol–water partition coefficient (Wildman–Crippen LogP) is 1.12. The summed E-state index contributed by atoms with van der Waals surface area (Å²) < 4.78 is 2.07. The second-order valence-electron chi connectivity index (χ2n) is 6.15. The fourth-order valence-electron chi connectivity index (χ4n) is 2.67. The maximum absolute atomic E-state index is 4.27. The number of aliphatic imine (C=N–C) groups is 1. The average Bonchev–Trinajstić information content (AvgIpc) is 2.96. The molecule has 0 aliphatic carbocycles. The van der Waals surface area contributed by atoms with Crippen molar-refractivity contribution in [2.45, 2.75) is 59.7 Å². The Labute approximate surface area is 140 Å². The van der Waals surface area contributed by atoms with E-state index in [1.807, 2.05) is 0 Å². The number of nitrogens with zero attached hydrogens (tertiary/aromatic N) is 5. The molecule has 1 aromatic heterocycles. The first kappa shape index (κ1) is 19.4. The highest BCUT2D eigenvalue weighted by atomic mass is 15.3. The van der Waals surface area contributed by atoms with Crippen LogP contribution in [0.25, 0.3) is 0 Å². The fraction of sp³-hybridized carbons (Fsp3) is 0.812. The van der Waals surface area contributed by atoms with Gasteiger partial charge in [-0.2, -0.15) is 0 Å². The Morgan fingerprint density at radius 1 is 1.22 bits per heavy atom. The Morgan fingerprint density at radius 3 is 2.43 bits per heavy atom. The van der Waals surface area contributed by atoms with Gasteiger partial charge >= 0.3 is 0 Å². The minimum absolute atomic E-state index is 0.549. The number of aryl methyl sites for hydroxylation is 1. The van der Waals surface area contributed by atoms with Crippen LogP contribution < -0.4 is 10.6 Å². The third-order valence-corrected chi connectivity index (χ3v) is 3.87. The van der Waals surface area contributed by atoms with Gasteiger partial charge in [0.05, 0.1) is 0 Å². The van der Waals surface area contributed by atoms with Crippen molar-refractivity contribution in [1.82, 2.24) is 30.3 Å². The smallest absolute Gasteiger partial charge is 0.191 e.